The molecule has 0 amide bonds. The molecule has 0 saturated heterocycles. The summed E-state index contributed by atoms with van der Waals surface area (Å²) in [4.78, 5) is 0. The van der Waals surface area contributed by atoms with Gasteiger partial charge in [0.05, 0.1) is 12.6 Å². The van der Waals surface area contributed by atoms with Gasteiger partial charge < -0.3 is 5.11 Å². The highest BCUT2D eigenvalue weighted by atomic mass is 35.5. The Bertz CT molecular complexity index is 471. The highest BCUT2D eigenvalue weighted by Crippen LogP contribution is 2.26. The van der Waals surface area contributed by atoms with E-state index >= 15 is 0 Å². The molecule has 5 heteroatoms. The Kier molecular flexibility index (Phi) is 3.49. The maximum absolute atomic E-state index is 9.98. The number of aliphatic hydroxyl groups excluding tert-OH is 1. The van der Waals surface area contributed by atoms with Crippen LogP contribution < -0.4 is 0 Å². The van der Waals surface area contributed by atoms with E-state index < -0.39 is 6.10 Å². The molecule has 1 aromatic carbocycles. The SMILES string of the molecule is OC(Cn1cccn1)c1ccc(Cl)cc1Cl. The van der Waals surface area contributed by atoms with Crippen molar-refractivity contribution in [2.24, 2.45) is 0 Å². The molecule has 1 heterocycles. The Balaban J connectivity index is 2.17. The van der Waals surface area contributed by atoms with Crippen LogP contribution in [0.5, 0.6) is 0 Å². The first-order valence-electron chi connectivity index (χ1n) is 4.77. The fourth-order valence-corrected chi connectivity index (χ4v) is 1.99. The maximum atomic E-state index is 9.98. The Morgan fingerprint density at radius 3 is 2.81 bits per heavy atom. The van der Waals surface area contributed by atoms with Crippen molar-refractivity contribution in [3.63, 3.8) is 0 Å². The second-order valence-corrected chi connectivity index (χ2v) is 4.25. The summed E-state index contributed by atoms with van der Waals surface area (Å²) in [6.07, 6.45) is 2.76. The topological polar surface area (TPSA) is 38.0 Å². The zero-order chi connectivity index (χ0) is 11.5. The number of benzene rings is 1. The van der Waals surface area contributed by atoms with Gasteiger partial charge in [-0.15, -0.1) is 0 Å². The third-order valence-corrected chi connectivity index (χ3v) is 2.80. The lowest BCUT2D eigenvalue weighted by Gasteiger charge is -2.12. The molecule has 3 nitrogen and oxygen atoms in total. The van der Waals surface area contributed by atoms with E-state index in [1.807, 2.05) is 0 Å². The van der Waals surface area contributed by atoms with Crippen molar-refractivity contribution < 1.29 is 5.11 Å². The minimum Gasteiger partial charge on any atom is -0.386 e. The van der Waals surface area contributed by atoms with Crippen LogP contribution in [0.1, 0.15) is 11.7 Å². The van der Waals surface area contributed by atoms with Crippen LogP contribution in [0, 0.1) is 0 Å². The molecule has 0 spiro atoms. The highest BCUT2D eigenvalue weighted by Gasteiger charge is 2.12. The summed E-state index contributed by atoms with van der Waals surface area (Å²) in [5, 5.41) is 15.0. The van der Waals surface area contributed by atoms with Crippen LogP contribution >= 0.6 is 23.2 Å². The first-order chi connectivity index (χ1) is 7.66. The summed E-state index contributed by atoms with van der Waals surface area (Å²) >= 11 is 11.8. The standard InChI is InChI=1S/C11H10Cl2N2O/c12-8-2-3-9(10(13)6-8)11(16)7-15-5-1-4-14-15/h1-6,11,16H,7H2. The minimum absolute atomic E-state index is 0.369. The first kappa shape index (κ1) is 11.5. The van der Waals surface area contributed by atoms with Gasteiger partial charge in [0.1, 0.15) is 0 Å². The number of hydrogen-bond acceptors (Lipinski definition) is 2. The Hall–Kier alpha value is -1.03. The van der Waals surface area contributed by atoms with Crippen LogP contribution in [0.15, 0.2) is 36.7 Å². The second-order valence-electron chi connectivity index (χ2n) is 3.41. The predicted octanol–water partition coefficient (Wildman–Crippen LogP) is 2.92. The second kappa shape index (κ2) is 4.87. The molecule has 0 aliphatic rings. The normalized spacial score (nSPS) is 12.7. The highest BCUT2D eigenvalue weighted by molar-refractivity contribution is 6.35. The van der Waals surface area contributed by atoms with E-state index in [0.717, 1.165) is 0 Å². The van der Waals surface area contributed by atoms with E-state index in [1.54, 1.807) is 41.3 Å². The fourth-order valence-electron chi connectivity index (χ4n) is 1.46. The van der Waals surface area contributed by atoms with Crippen LogP contribution in [0.25, 0.3) is 0 Å². The van der Waals surface area contributed by atoms with Gasteiger partial charge in [0.2, 0.25) is 0 Å². The largest absolute Gasteiger partial charge is 0.386 e. The van der Waals surface area contributed by atoms with Gasteiger partial charge in [-0.25, -0.2) is 0 Å². The molecule has 0 aliphatic carbocycles. The van der Waals surface area contributed by atoms with Crippen molar-refractivity contribution in [2.75, 3.05) is 0 Å². The quantitative estimate of drug-likeness (QED) is 0.917. The Morgan fingerprint density at radius 1 is 1.38 bits per heavy atom. The third-order valence-electron chi connectivity index (χ3n) is 2.24. The predicted molar refractivity (Wildman–Crippen MR) is 63.6 cm³/mol. The van der Waals surface area contributed by atoms with E-state index in [-0.39, 0.29) is 0 Å². The van der Waals surface area contributed by atoms with Gasteiger partial charge in [-0.3, -0.25) is 4.68 Å². The maximum Gasteiger partial charge on any atom is 0.1000 e. The molecule has 1 atom stereocenters. The molecule has 16 heavy (non-hydrogen) atoms. The van der Waals surface area contributed by atoms with Crippen LogP contribution in [0.4, 0.5) is 0 Å². The van der Waals surface area contributed by atoms with Gasteiger partial charge in [-0.2, -0.15) is 5.10 Å². The third kappa shape index (κ3) is 2.55. The summed E-state index contributed by atoms with van der Waals surface area (Å²) in [5.41, 5.74) is 0.654. The van der Waals surface area contributed by atoms with Gasteiger partial charge >= 0.3 is 0 Å². The monoisotopic (exact) mass is 256 g/mol. The molecule has 84 valence electrons. The number of aromatic nitrogens is 2. The number of nitrogens with zero attached hydrogens (tertiary/aromatic N) is 2. The van der Waals surface area contributed by atoms with Crippen molar-refractivity contribution in [3.05, 3.63) is 52.3 Å². The molecule has 1 unspecified atom stereocenters. The average molecular weight is 257 g/mol. The molecular weight excluding hydrogens is 247 g/mol. The molecule has 0 bridgehead atoms. The lowest BCUT2D eigenvalue weighted by molar-refractivity contribution is 0.151. The first-order valence-corrected chi connectivity index (χ1v) is 5.53. The van der Waals surface area contributed by atoms with Gasteiger partial charge in [-0.1, -0.05) is 29.3 Å². The van der Waals surface area contributed by atoms with Crippen molar-refractivity contribution in [3.8, 4) is 0 Å². The van der Waals surface area contributed by atoms with Crippen molar-refractivity contribution in [1.82, 2.24) is 9.78 Å². The Labute approximate surface area is 103 Å². The molecule has 1 N–H and O–H groups in total. The van der Waals surface area contributed by atoms with Crippen LogP contribution in [-0.2, 0) is 6.54 Å². The smallest absolute Gasteiger partial charge is 0.1000 e. The Morgan fingerprint density at radius 2 is 2.19 bits per heavy atom. The van der Waals surface area contributed by atoms with Crippen molar-refractivity contribution in [1.29, 1.82) is 0 Å². The summed E-state index contributed by atoms with van der Waals surface area (Å²) in [5.74, 6) is 0. The summed E-state index contributed by atoms with van der Waals surface area (Å²) in [6, 6.07) is 6.84. The number of aliphatic hydroxyl groups is 1. The van der Waals surface area contributed by atoms with Crippen molar-refractivity contribution >= 4 is 23.2 Å². The van der Waals surface area contributed by atoms with Gasteiger partial charge in [0.15, 0.2) is 0 Å². The van der Waals surface area contributed by atoms with E-state index in [2.05, 4.69) is 5.10 Å². The molecule has 0 fully saturated rings. The van der Waals surface area contributed by atoms with Gasteiger partial charge in [-0.05, 0) is 18.2 Å². The number of halogens is 2. The summed E-state index contributed by atoms with van der Waals surface area (Å²) in [6.45, 7) is 0.369. The van der Waals surface area contributed by atoms with Gasteiger partial charge in [0.25, 0.3) is 0 Å². The summed E-state index contributed by atoms with van der Waals surface area (Å²) in [7, 11) is 0. The van der Waals surface area contributed by atoms with E-state index in [1.165, 1.54) is 0 Å². The van der Waals surface area contributed by atoms with E-state index in [9.17, 15) is 5.11 Å². The van der Waals surface area contributed by atoms with Gasteiger partial charge in [0, 0.05) is 28.0 Å². The average Bonchev–Trinajstić information content (AvgIpc) is 2.70. The molecule has 0 saturated carbocycles. The van der Waals surface area contributed by atoms with Crippen LogP contribution in [-0.4, -0.2) is 14.9 Å². The molecular formula is C11H10Cl2N2O. The number of rotatable bonds is 3. The molecule has 2 rings (SSSR count). The molecule has 1 aromatic heterocycles. The minimum atomic E-state index is -0.690. The lowest BCUT2D eigenvalue weighted by Crippen LogP contribution is -2.09. The van der Waals surface area contributed by atoms with Crippen LogP contribution in [0.2, 0.25) is 10.0 Å². The van der Waals surface area contributed by atoms with Crippen LogP contribution in [0.3, 0.4) is 0 Å². The molecule has 0 aliphatic heterocycles. The van der Waals surface area contributed by atoms with Crippen molar-refractivity contribution in [2.45, 2.75) is 12.6 Å². The van der Waals surface area contributed by atoms with E-state index in [4.69, 9.17) is 23.2 Å². The molecule has 0 radical (unpaired) electrons. The zero-order valence-electron chi connectivity index (χ0n) is 8.35. The fraction of sp³-hybridized carbons (Fsp3) is 0.182. The summed E-state index contributed by atoms with van der Waals surface area (Å²) < 4.78 is 1.65. The lowest BCUT2D eigenvalue weighted by atomic mass is 10.1. The van der Waals surface area contributed by atoms with E-state index in [0.29, 0.717) is 22.2 Å². The zero-order valence-corrected chi connectivity index (χ0v) is 9.86. The number of hydrogen-bond donors (Lipinski definition) is 1. The molecule has 2 aromatic rings.